The van der Waals surface area contributed by atoms with Crippen molar-refractivity contribution in [3.8, 4) is 0 Å². The number of rotatable bonds is 6. The number of ether oxygens (including phenoxy) is 1. The molecule has 1 saturated carbocycles. The number of unbranched alkanes of at least 4 members (excludes halogenated alkanes) is 1. The fourth-order valence-corrected chi connectivity index (χ4v) is 3.01. The average Bonchev–Trinajstić information content (AvgIpc) is 2.41. The molecule has 128 valence electrons. The lowest BCUT2D eigenvalue weighted by Crippen LogP contribution is -2.42. The van der Waals surface area contributed by atoms with E-state index in [1.54, 1.807) is 4.90 Å². The standard InChI is InChI=1S/C17H31NO4/c1-17(2,3)22-16(21)18(4)14-11-9-13(10-12-14)7-5-6-8-15(19)20/h13-14H,5-12H2,1-4H3,(H,19,20). The summed E-state index contributed by atoms with van der Waals surface area (Å²) in [6, 6.07) is 0.269. The van der Waals surface area contributed by atoms with Crippen LogP contribution >= 0.6 is 0 Å². The molecule has 22 heavy (non-hydrogen) atoms. The van der Waals surface area contributed by atoms with E-state index in [4.69, 9.17) is 9.84 Å². The maximum atomic E-state index is 12.1. The summed E-state index contributed by atoms with van der Waals surface area (Å²) in [5.41, 5.74) is -0.452. The van der Waals surface area contributed by atoms with E-state index in [9.17, 15) is 9.59 Å². The van der Waals surface area contributed by atoms with Gasteiger partial charge in [0.05, 0.1) is 0 Å². The quantitative estimate of drug-likeness (QED) is 0.751. The van der Waals surface area contributed by atoms with Crippen molar-refractivity contribution in [3.05, 3.63) is 0 Å². The maximum Gasteiger partial charge on any atom is 0.410 e. The first-order valence-electron chi connectivity index (χ1n) is 8.36. The van der Waals surface area contributed by atoms with Crippen molar-refractivity contribution in [1.29, 1.82) is 0 Å². The number of amides is 1. The van der Waals surface area contributed by atoms with Crippen molar-refractivity contribution < 1.29 is 19.4 Å². The average molecular weight is 313 g/mol. The highest BCUT2D eigenvalue weighted by molar-refractivity contribution is 5.68. The SMILES string of the molecule is CN(C(=O)OC(C)(C)C)C1CCC(CCCCC(=O)O)CC1. The van der Waals surface area contributed by atoms with Gasteiger partial charge in [0.15, 0.2) is 0 Å². The van der Waals surface area contributed by atoms with Gasteiger partial charge in [0.25, 0.3) is 0 Å². The Morgan fingerprint density at radius 1 is 1.14 bits per heavy atom. The van der Waals surface area contributed by atoms with Gasteiger partial charge < -0.3 is 14.7 Å². The van der Waals surface area contributed by atoms with Crippen molar-refractivity contribution in [3.63, 3.8) is 0 Å². The largest absolute Gasteiger partial charge is 0.481 e. The fourth-order valence-electron chi connectivity index (χ4n) is 3.01. The predicted molar refractivity (Wildman–Crippen MR) is 85.8 cm³/mol. The Bertz CT molecular complexity index is 367. The van der Waals surface area contributed by atoms with Gasteiger partial charge >= 0.3 is 12.1 Å². The summed E-state index contributed by atoms with van der Waals surface area (Å²) in [5.74, 6) is -0.0280. The van der Waals surface area contributed by atoms with E-state index >= 15 is 0 Å². The molecule has 1 N–H and O–H groups in total. The highest BCUT2D eigenvalue weighted by Crippen LogP contribution is 2.31. The molecule has 5 heteroatoms. The number of carboxylic acids is 1. The van der Waals surface area contributed by atoms with Gasteiger partial charge in [-0.1, -0.05) is 12.8 Å². The Kier molecular flexibility index (Phi) is 7.17. The molecule has 5 nitrogen and oxygen atoms in total. The van der Waals surface area contributed by atoms with Crippen LogP contribution in [0.2, 0.25) is 0 Å². The zero-order chi connectivity index (χ0) is 16.8. The molecule has 0 bridgehead atoms. The number of carbonyl (C=O) groups excluding carboxylic acids is 1. The Morgan fingerprint density at radius 3 is 2.23 bits per heavy atom. The third-order valence-electron chi connectivity index (χ3n) is 4.30. The molecule has 0 heterocycles. The van der Waals surface area contributed by atoms with Crippen LogP contribution in [-0.2, 0) is 9.53 Å². The van der Waals surface area contributed by atoms with Crippen LogP contribution < -0.4 is 0 Å². The lowest BCUT2D eigenvalue weighted by atomic mass is 9.82. The first-order chi connectivity index (χ1) is 10.2. The molecule has 1 aliphatic rings. The number of aliphatic carboxylic acids is 1. The number of hydrogen-bond donors (Lipinski definition) is 1. The minimum atomic E-state index is -0.706. The first-order valence-corrected chi connectivity index (χ1v) is 8.36. The zero-order valence-electron chi connectivity index (χ0n) is 14.4. The summed E-state index contributed by atoms with van der Waals surface area (Å²) in [6.45, 7) is 5.65. The van der Waals surface area contributed by atoms with Gasteiger partial charge in [-0.2, -0.15) is 0 Å². The Balaban J connectivity index is 2.26. The van der Waals surface area contributed by atoms with Gasteiger partial charge in [-0.3, -0.25) is 4.79 Å². The molecule has 0 aliphatic heterocycles. The zero-order valence-corrected chi connectivity index (χ0v) is 14.4. The van der Waals surface area contributed by atoms with E-state index in [0.29, 0.717) is 5.92 Å². The second-order valence-electron chi connectivity index (χ2n) is 7.41. The Morgan fingerprint density at radius 2 is 1.73 bits per heavy atom. The minimum Gasteiger partial charge on any atom is -0.481 e. The first kappa shape index (κ1) is 18.8. The normalized spacial score (nSPS) is 22.2. The van der Waals surface area contributed by atoms with Gasteiger partial charge in [0.2, 0.25) is 0 Å². The highest BCUT2D eigenvalue weighted by Gasteiger charge is 2.29. The summed E-state index contributed by atoms with van der Waals surface area (Å²) in [6.07, 6.45) is 7.16. The van der Waals surface area contributed by atoms with Crippen LogP contribution in [0.4, 0.5) is 4.79 Å². The third kappa shape index (κ3) is 7.14. The summed E-state index contributed by atoms with van der Waals surface area (Å²) < 4.78 is 5.41. The molecular weight excluding hydrogens is 282 g/mol. The Labute approximate surface area is 134 Å². The van der Waals surface area contributed by atoms with Crippen molar-refractivity contribution in [2.24, 2.45) is 5.92 Å². The molecule has 1 rings (SSSR count). The van der Waals surface area contributed by atoms with Crippen molar-refractivity contribution in [2.75, 3.05) is 7.05 Å². The van der Waals surface area contributed by atoms with Crippen LogP contribution in [0.15, 0.2) is 0 Å². The lowest BCUT2D eigenvalue weighted by Gasteiger charge is -2.35. The molecule has 0 aromatic rings. The monoisotopic (exact) mass is 313 g/mol. The molecule has 0 saturated heterocycles. The highest BCUT2D eigenvalue weighted by atomic mass is 16.6. The number of nitrogens with zero attached hydrogens (tertiary/aromatic N) is 1. The van der Waals surface area contributed by atoms with Gasteiger partial charge in [-0.15, -0.1) is 0 Å². The van der Waals surface area contributed by atoms with Crippen molar-refractivity contribution in [2.45, 2.75) is 83.8 Å². The maximum absolute atomic E-state index is 12.1. The number of hydrogen-bond acceptors (Lipinski definition) is 3. The molecule has 1 fully saturated rings. The molecule has 0 unspecified atom stereocenters. The van der Waals surface area contributed by atoms with Crippen molar-refractivity contribution >= 4 is 12.1 Å². The van der Waals surface area contributed by atoms with Crippen LogP contribution in [0, 0.1) is 5.92 Å². The summed E-state index contributed by atoms with van der Waals surface area (Å²) >= 11 is 0. The lowest BCUT2D eigenvalue weighted by molar-refractivity contribution is -0.137. The molecule has 0 radical (unpaired) electrons. The fraction of sp³-hybridized carbons (Fsp3) is 0.882. The predicted octanol–water partition coefficient (Wildman–Crippen LogP) is 4.06. The van der Waals surface area contributed by atoms with Crippen molar-refractivity contribution in [1.82, 2.24) is 4.90 Å². The van der Waals surface area contributed by atoms with Gasteiger partial charge in [-0.25, -0.2) is 4.79 Å². The topological polar surface area (TPSA) is 66.8 Å². The summed E-state index contributed by atoms with van der Waals surface area (Å²) in [5, 5.41) is 8.63. The van der Waals surface area contributed by atoms with Crippen LogP contribution in [0.1, 0.15) is 72.1 Å². The van der Waals surface area contributed by atoms with Gasteiger partial charge in [-0.05, 0) is 58.8 Å². The molecular formula is C17H31NO4. The summed E-state index contributed by atoms with van der Waals surface area (Å²) in [7, 11) is 1.83. The van der Waals surface area contributed by atoms with E-state index < -0.39 is 11.6 Å². The van der Waals surface area contributed by atoms with Gasteiger partial charge in [0, 0.05) is 19.5 Å². The summed E-state index contributed by atoms with van der Waals surface area (Å²) in [4.78, 5) is 24.3. The molecule has 1 aliphatic carbocycles. The minimum absolute atomic E-state index is 0.239. The van der Waals surface area contributed by atoms with E-state index in [1.165, 1.54) is 0 Å². The van der Waals surface area contributed by atoms with E-state index in [1.807, 2.05) is 27.8 Å². The molecule has 0 spiro atoms. The van der Waals surface area contributed by atoms with Crippen LogP contribution in [0.3, 0.4) is 0 Å². The van der Waals surface area contributed by atoms with E-state index in [-0.39, 0.29) is 18.6 Å². The number of carboxylic acid groups (broad SMARTS) is 1. The second kappa shape index (κ2) is 8.39. The smallest absolute Gasteiger partial charge is 0.410 e. The molecule has 0 aromatic heterocycles. The third-order valence-corrected chi connectivity index (χ3v) is 4.30. The second-order valence-corrected chi connectivity index (χ2v) is 7.41. The number of carbonyl (C=O) groups is 2. The van der Waals surface area contributed by atoms with Gasteiger partial charge in [0.1, 0.15) is 5.60 Å². The van der Waals surface area contributed by atoms with Crippen LogP contribution in [0.25, 0.3) is 0 Å². The molecule has 1 amide bonds. The van der Waals surface area contributed by atoms with E-state index in [2.05, 4.69) is 0 Å². The molecule has 0 atom stereocenters. The van der Waals surface area contributed by atoms with Crippen LogP contribution in [0.5, 0.6) is 0 Å². The Hall–Kier alpha value is -1.26. The van der Waals surface area contributed by atoms with Crippen LogP contribution in [-0.4, -0.2) is 40.8 Å². The molecule has 0 aromatic carbocycles. The van der Waals surface area contributed by atoms with E-state index in [0.717, 1.165) is 44.9 Å².